The molecule has 3 saturated carbocycles. The number of benzene rings is 1. The Labute approximate surface area is 95.1 Å². The van der Waals surface area contributed by atoms with Crippen molar-refractivity contribution in [1.82, 2.24) is 0 Å². The Morgan fingerprint density at radius 2 is 2.00 bits per heavy atom. The molecule has 0 amide bonds. The zero-order chi connectivity index (χ0) is 10.7. The van der Waals surface area contributed by atoms with E-state index in [9.17, 15) is 5.11 Å². The van der Waals surface area contributed by atoms with Gasteiger partial charge in [0.25, 0.3) is 0 Å². The summed E-state index contributed by atoms with van der Waals surface area (Å²) in [6.45, 7) is 2.45. The third kappa shape index (κ3) is 1.14. The highest BCUT2D eigenvalue weighted by Gasteiger charge is 2.68. The van der Waals surface area contributed by atoms with E-state index in [1.807, 2.05) is 6.07 Å². The number of hydrogen-bond donors (Lipinski definition) is 1. The molecule has 0 aliphatic heterocycles. The van der Waals surface area contributed by atoms with E-state index in [0.29, 0.717) is 12.0 Å². The number of aliphatic hydroxyl groups is 1. The van der Waals surface area contributed by atoms with Crippen LogP contribution in [0, 0.1) is 12.3 Å². The zero-order valence-corrected chi connectivity index (χ0v) is 9.64. The highest BCUT2D eigenvalue weighted by Crippen LogP contribution is 2.73. The van der Waals surface area contributed by atoms with E-state index in [0.717, 1.165) is 24.3 Å². The van der Waals surface area contributed by atoms with Gasteiger partial charge in [0, 0.05) is 11.6 Å². The van der Waals surface area contributed by atoms with Gasteiger partial charge in [0.1, 0.15) is 0 Å². The van der Waals surface area contributed by atoms with Crippen molar-refractivity contribution in [2.24, 2.45) is 5.41 Å². The summed E-state index contributed by atoms with van der Waals surface area (Å²) in [7, 11) is 0. The van der Waals surface area contributed by atoms with Gasteiger partial charge in [-0.3, -0.25) is 0 Å². The Bertz CT molecular complexity index is 405. The summed E-state index contributed by atoms with van der Waals surface area (Å²) in [6, 6.07) is 6.26. The number of aliphatic hydroxyl groups excluding tert-OH is 1. The minimum Gasteiger partial charge on any atom is -0.396 e. The molecule has 1 nitrogen and oxygen atoms in total. The summed E-state index contributed by atoms with van der Waals surface area (Å²) < 4.78 is 0. The summed E-state index contributed by atoms with van der Waals surface area (Å²) in [5.41, 5.74) is 3.15. The van der Waals surface area contributed by atoms with Gasteiger partial charge in [0.15, 0.2) is 0 Å². The highest BCUT2D eigenvalue weighted by molar-refractivity contribution is 6.31. The van der Waals surface area contributed by atoms with E-state index in [4.69, 9.17) is 11.6 Å². The fraction of sp³-hybridized carbons (Fsp3) is 0.538. The van der Waals surface area contributed by atoms with Crippen molar-refractivity contribution in [3.8, 4) is 0 Å². The number of rotatable bonds is 2. The molecule has 3 aliphatic carbocycles. The molecule has 0 radical (unpaired) electrons. The van der Waals surface area contributed by atoms with Gasteiger partial charge in [-0.25, -0.2) is 0 Å². The Morgan fingerprint density at radius 1 is 1.33 bits per heavy atom. The number of halogens is 1. The summed E-state index contributed by atoms with van der Waals surface area (Å²) in [6.07, 6.45) is 3.37. The maximum atomic E-state index is 9.24. The fourth-order valence-electron chi connectivity index (χ4n) is 3.50. The van der Waals surface area contributed by atoms with Crippen molar-refractivity contribution < 1.29 is 5.11 Å². The van der Waals surface area contributed by atoms with Crippen molar-refractivity contribution in [1.29, 1.82) is 0 Å². The molecule has 4 rings (SSSR count). The first kappa shape index (κ1) is 9.68. The fourth-order valence-corrected chi connectivity index (χ4v) is 3.82. The number of aryl methyl sites for hydroxylation is 1. The lowest BCUT2D eigenvalue weighted by Gasteiger charge is -2.70. The molecule has 3 fully saturated rings. The van der Waals surface area contributed by atoms with Crippen LogP contribution >= 0.6 is 11.6 Å². The monoisotopic (exact) mass is 222 g/mol. The second kappa shape index (κ2) is 2.78. The molecule has 0 heterocycles. The largest absolute Gasteiger partial charge is 0.396 e. The smallest absolute Gasteiger partial charge is 0.0488 e. The van der Waals surface area contributed by atoms with Crippen LogP contribution in [0.1, 0.15) is 30.4 Å². The predicted molar refractivity (Wildman–Crippen MR) is 61.2 cm³/mol. The lowest BCUT2D eigenvalue weighted by Crippen LogP contribution is -2.66. The van der Waals surface area contributed by atoms with E-state index < -0.39 is 0 Å². The Balaban J connectivity index is 1.93. The van der Waals surface area contributed by atoms with Crippen LogP contribution in [0.25, 0.3) is 0 Å². The SMILES string of the molecule is Cc1ccc(Cl)c(C23CC(CO)(C2)C3)c1. The van der Waals surface area contributed by atoms with Crippen LogP contribution in [-0.4, -0.2) is 11.7 Å². The topological polar surface area (TPSA) is 20.2 Å². The zero-order valence-electron chi connectivity index (χ0n) is 8.89. The van der Waals surface area contributed by atoms with Crippen LogP contribution in [0.3, 0.4) is 0 Å². The van der Waals surface area contributed by atoms with Gasteiger partial charge >= 0.3 is 0 Å². The van der Waals surface area contributed by atoms with Crippen LogP contribution in [0.5, 0.6) is 0 Å². The van der Waals surface area contributed by atoms with Crippen LogP contribution in [0.4, 0.5) is 0 Å². The molecule has 0 aromatic heterocycles. The molecule has 1 aromatic carbocycles. The third-order valence-corrected chi connectivity index (χ3v) is 4.50. The van der Waals surface area contributed by atoms with Crippen molar-refractivity contribution in [3.63, 3.8) is 0 Å². The van der Waals surface area contributed by atoms with Crippen LogP contribution < -0.4 is 0 Å². The normalized spacial score (nSPS) is 37.0. The Hall–Kier alpha value is -0.530. The van der Waals surface area contributed by atoms with Crippen molar-refractivity contribution >= 4 is 11.6 Å². The highest BCUT2D eigenvalue weighted by atomic mass is 35.5. The molecular formula is C13H15ClO. The van der Waals surface area contributed by atoms with Gasteiger partial charge in [-0.05, 0) is 48.6 Å². The molecule has 0 atom stereocenters. The predicted octanol–water partition coefficient (Wildman–Crippen LogP) is 3.06. The molecule has 1 aromatic rings. The van der Waals surface area contributed by atoms with E-state index in [1.165, 1.54) is 11.1 Å². The average Bonchev–Trinajstić information content (AvgIpc) is 2.07. The van der Waals surface area contributed by atoms with E-state index in [1.54, 1.807) is 0 Å². The van der Waals surface area contributed by atoms with Gasteiger partial charge in [0.2, 0.25) is 0 Å². The lowest BCUT2D eigenvalue weighted by atomic mass is 9.34. The van der Waals surface area contributed by atoms with E-state index in [2.05, 4.69) is 19.1 Å². The second-order valence-electron chi connectivity index (χ2n) is 5.45. The summed E-state index contributed by atoms with van der Waals surface area (Å²) >= 11 is 6.24. The second-order valence-corrected chi connectivity index (χ2v) is 5.86. The van der Waals surface area contributed by atoms with Gasteiger partial charge in [-0.15, -0.1) is 0 Å². The first-order valence-corrected chi connectivity index (χ1v) is 5.85. The van der Waals surface area contributed by atoms with Gasteiger partial charge < -0.3 is 5.11 Å². The average molecular weight is 223 g/mol. The molecule has 0 spiro atoms. The van der Waals surface area contributed by atoms with Crippen LogP contribution in [0.15, 0.2) is 18.2 Å². The maximum Gasteiger partial charge on any atom is 0.0488 e. The minimum atomic E-state index is 0.257. The number of hydrogen-bond acceptors (Lipinski definition) is 1. The van der Waals surface area contributed by atoms with E-state index >= 15 is 0 Å². The van der Waals surface area contributed by atoms with Crippen LogP contribution in [0.2, 0.25) is 5.02 Å². The van der Waals surface area contributed by atoms with Gasteiger partial charge in [-0.1, -0.05) is 29.3 Å². The molecule has 2 heteroatoms. The Kier molecular flexibility index (Phi) is 1.79. The van der Waals surface area contributed by atoms with Crippen molar-refractivity contribution in [3.05, 3.63) is 34.3 Å². The quantitative estimate of drug-likeness (QED) is 0.816. The molecule has 15 heavy (non-hydrogen) atoms. The molecule has 80 valence electrons. The lowest BCUT2D eigenvalue weighted by molar-refractivity contribution is -0.167. The summed E-state index contributed by atoms with van der Waals surface area (Å²) in [4.78, 5) is 0. The molecule has 2 bridgehead atoms. The summed E-state index contributed by atoms with van der Waals surface area (Å²) in [5.74, 6) is 0. The minimum absolute atomic E-state index is 0.257. The maximum absolute atomic E-state index is 9.24. The van der Waals surface area contributed by atoms with Gasteiger partial charge in [0.05, 0.1) is 0 Å². The molecule has 0 saturated heterocycles. The Morgan fingerprint density at radius 3 is 2.60 bits per heavy atom. The van der Waals surface area contributed by atoms with Crippen molar-refractivity contribution in [2.45, 2.75) is 31.6 Å². The molecule has 1 N–H and O–H groups in total. The molecule has 0 unspecified atom stereocenters. The molecular weight excluding hydrogens is 208 g/mol. The van der Waals surface area contributed by atoms with Crippen LogP contribution in [-0.2, 0) is 5.41 Å². The van der Waals surface area contributed by atoms with Crippen molar-refractivity contribution in [2.75, 3.05) is 6.61 Å². The first-order chi connectivity index (χ1) is 7.09. The molecule has 3 aliphatic rings. The van der Waals surface area contributed by atoms with Gasteiger partial charge in [-0.2, -0.15) is 0 Å². The summed E-state index contributed by atoms with van der Waals surface area (Å²) in [5, 5.41) is 10.1. The third-order valence-electron chi connectivity index (χ3n) is 4.17. The standard InChI is InChI=1S/C13H15ClO/c1-9-2-3-11(14)10(4-9)13-5-12(6-13,7-13)8-15/h2-4,15H,5-8H2,1H3. The van der Waals surface area contributed by atoms with E-state index in [-0.39, 0.29) is 5.41 Å². The first-order valence-electron chi connectivity index (χ1n) is 5.47.